The maximum atomic E-state index is 10.1. The Morgan fingerprint density at radius 3 is 2.91 bits per heavy atom. The maximum Gasteiger partial charge on any atom is 0.207 e. The molecule has 0 aromatic heterocycles. The van der Waals surface area contributed by atoms with Crippen LogP contribution in [0.5, 0.6) is 0 Å². The second kappa shape index (κ2) is 4.13. The molecule has 0 bridgehead atoms. The van der Waals surface area contributed by atoms with Gasteiger partial charge in [0.15, 0.2) is 0 Å². The highest BCUT2D eigenvalue weighted by Gasteiger charge is 2.20. The van der Waals surface area contributed by atoms with Crippen molar-refractivity contribution in [1.29, 1.82) is 0 Å². The average Bonchev–Trinajstić information content (AvgIpc) is 2.06. The predicted molar refractivity (Wildman–Crippen MR) is 41.9 cm³/mol. The number of hydrogen-bond acceptors (Lipinski definition) is 2. The first-order valence-electron chi connectivity index (χ1n) is 3.84. The summed E-state index contributed by atoms with van der Waals surface area (Å²) in [6.45, 7) is 0.149. The first kappa shape index (κ1) is 8.27. The molecular formula is C8H13NO2. The van der Waals surface area contributed by atoms with E-state index in [1.807, 2.05) is 12.2 Å². The number of amides is 1. The molecule has 1 rings (SSSR count). The highest BCUT2D eigenvalue weighted by Crippen LogP contribution is 2.17. The number of aliphatic hydroxyl groups excluding tert-OH is 1. The molecule has 0 radical (unpaired) electrons. The van der Waals surface area contributed by atoms with Crippen molar-refractivity contribution in [2.45, 2.75) is 18.9 Å². The van der Waals surface area contributed by atoms with Crippen LogP contribution in [0.1, 0.15) is 12.8 Å². The van der Waals surface area contributed by atoms with Crippen LogP contribution in [-0.4, -0.2) is 24.2 Å². The smallest absolute Gasteiger partial charge is 0.207 e. The number of carbonyl (C=O) groups excluding carboxylic acids is 1. The van der Waals surface area contributed by atoms with Crippen molar-refractivity contribution >= 4 is 6.41 Å². The van der Waals surface area contributed by atoms with Gasteiger partial charge in [-0.05, 0) is 12.8 Å². The fourth-order valence-electron chi connectivity index (χ4n) is 1.36. The van der Waals surface area contributed by atoms with Crippen LogP contribution in [-0.2, 0) is 4.79 Å². The zero-order valence-electron chi connectivity index (χ0n) is 6.36. The lowest BCUT2D eigenvalue weighted by atomic mass is 9.90. The van der Waals surface area contributed by atoms with E-state index in [0.717, 1.165) is 12.8 Å². The van der Waals surface area contributed by atoms with Gasteiger partial charge in [-0.1, -0.05) is 12.2 Å². The molecule has 0 fully saturated rings. The van der Waals surface area contributed by atoms with Crippen LogP contribution < -0.4 is 5.32 Å². The van der Waals surface area contributed by atoms with Gasteiger partial charge < -0.3 is 10.4 Å². The minimum Gasteiger partial charge on any atom is -0.396 e. The summed E-state index contributed by atoms with van der Waals surface area (Å²) in [6, 6.07) is 0.127. The Kier molecular flexibility index (Phi) is 3.11. The van der Waals surface area contributed by atoms with Crippen molar-refractivity contribution in [2.24, 2.45) is 5.92 Å². The van der Waals surface area contributed by atoms with Crippen LogP contribution in [0.2, 0.25) is 0 Å². The summed E-state index contributed by atoms with van der Waals surface area (Å²) in [5.74, 6) is 0.199. The number of carbonyl (C=O) groups is 1. The number of nitrogens with one attached hydrogen (secondary N) is 1. The monoisotopic (exact) mass is 155 g/mol. The first-order chi connectivity index (χ1) is 5.38. The topological polar surface area (TPSA) is 49.3 Å². The van der Waals surface area contributed by atoms with Gasteiger partial charge in [0.1, 0.15) is 0 Å². The normalized spacial score (nSPS) is 29.9. The van der Waals surface area contributed by atoms with Gasteiger partial charge in [0.25, 0.3) is 0 Å². The molecule has 0 saturated carbocycles. The molecule has 2 atom stereocenters. The molecule has 0 spiro atoms. The van der Waals surface area contributed by atoms with Gasteiger partial charge in [0, 0.05) is 18.6 Å². The fraction of sp³-hybridized carbons (Fsp3) is 0.625. The van der Waals surface area contributed by atoms with Gasteiger partial charge in [-0.25, -0.2) is 0 Å². The first-order valence-corrected chi connectivity index (χ1v) is 3.84. The zero-order chi connectivity index (χ0) is 8.10. The van der Waals surface area contributed by atoms with Crippen molar-refractivity contribution < 1.29 is 9.90 Å². The van der Waals surface area contributed by atoms with E-state index in [4.69, 9.17) is 5.11 Å². The Balaban J connectivity index is 2.46. The fourth-order valence-corrected chi connectivity index (χ4v) is 1.36. The van der Waals surface area contributed by atoms with Gasteiger partial charge >= 0.3 is 0 Å². The summed E-state index contributed by atoms with van der Waals surface area (Å²) in [5, 5.41) is 11.6. The molecule has 1 aliphatic rings. The van der Waals surface area contributed by atoms with Gasteiger partial charge in [-0.3, -0.25) is 4.79 Å². The molecule has 2 unspecified atom stereocenters. The van der Waals surface area contributed by atoms with Gasteiger partial charge in [-0.15, -0.1) is 0 Å². The summed E-state index contributed by atoms with van der Waals surface area (Å²) in [7, 11) is 0. The maximum absolute atomic E-state index is 10.1. The lowest BCUT2D eigenvalue weighted by molar-refractivity contribution is -0.110. The minimum absolute atomic E-state index is 0.127. The molecule has 3 nitrogen and oxygen atoms in total. The Morgan fingerprint density at radius 2 is 2.27 bits per heavy atom. The van der Waals surface area contributed by atoms with Gasteiger partial charge in [-0.2, -0.15) is 0 Å². The molecule has 3 heteroatoms. The molecule has 2 N–H and O–H groups in total. The Morgan fingerprint density at radius 1 is 1.55 bits per heavy atom. The summed E-state index contributed by atoms with van der Waals surface area (Å²) < 4.78 is 0. The minimum atomic E-state index is 0.127. The second-order valence-corrected chi connectivity index (χ2v) is 2.78. The quantitative estimate of drug-likeness (QED) is 0.447. The SMILES string of the molecule is O=CNC1CC=CCC1CO. The van der Waals surface area contributed by atoms with Crippen LogP contribution >= 0.6 is 0 Å². The number of aliphatic hydroxyl groups is 1. The molecule has 1 aliphatic carbocycles. The molecule has 0 heterocycles. The Hall–Kier alpha value is -0.830. The van der Waals surface area contributed by atoms with E-state index >= 15 is 0 Å². The van der Waals surface area contributed by atoms with Crippen LogP contribution in [0.4, 0.5) is 0 Å². The molecule has 1 amide bonds. The average molecular weight is 155 g/mol. The number of allylic oxidation sites excluding steroid dienone is 1. The molecule has 0 aliphatic heterocycles. The van der Waals surface area contributed by atoms with Crippen molar-refractivity contribution in [1.82, 2.24) is 5.32 Å². The van der Waals surface area contributed by atoms with Crippen LogP contribution in [0.15, 0.2) is 12.2 Å². The molecule has 0 aromatic carbocycles. The molecule has 62 valence electrons. The van der Waals surface area contributed by atoms with Crippen molar-refractivity contribution in [3.63, 3.8) is 0 Å². The van der Waals surface area contributed by atoms with E-state index in [9.17, 15) is 4.79 Å². The van der Waals surface area contributed by atoms with Gasteiger partial charge in [0.2, 0.25) is 6.41 Å². The third-order valence-corrected chi connectivity index (χ3v) is 2.08. The largest absolute Gasteiger partial charge is 0.396 e. The van der Waals surface area contributed by atoms with Crippen LogP contribution in [0, 0.1) is 5.92 Å². The molecular weight excluding hydrogens is 142 g/mol. The summed E-state index contributed by atoms with van der Waals surface area (Å²) in [5.41, 5.74) is 0. The Bertz CT molecular complexity index is 156. The highest BCUT2D eigenvalue weighted by atomic mass is 16.3. The third-order valence-electron chi connectivity index (χ3n) is 2.08. The zero-order valence-corrected chi connectivity index (χ0v) is 6.36. The lowest BCUT2D eigenvalue weighted by Crippen LogP contribution is -2.37. The standard InChI is InChI=1S/C8H13NO2/c10-5-7-3-1-2-4-8(7)9-6-11/h1-2,6-8,10H,3-5H2,(H,9,11). The molecule has 11 heavy (non-hydrogen) atoms. The lowest BCUT2D eigenvalue weighted by Gasteiger charge is -2.25. The van der Waals surface area contributed by atoms with E-state index in [2.05, 4.69) is 5.32 Å². The summed E-state index contributed by atoms with van der Waals surface area (Å²) in [6.07, 6.45) is 6.48. The van der Waals surface area contributed by atoms with E-state index in [1.54, 1.807) is 0 Å². The number of rotatable bonds is 3. The molecule has 0 aromatic rings. The highest BCUT2D eigenvalue weighted by molar-refractivity contribution is 5.47. The van der Waals surface area contributed by atoms with Crippen LogP contribution in [0.25, 0.3) is 0 Å². The van der Waals surface area contributed by atoms with Crippen LogP contribution in [0.3, 0.4) is 0 Å². The van der Waals surface area contributed by atoms with Crippen molar-refractivity contribution in [3.8, 4) is 0 Å². The van der Waals surface area contributed by atoms with Gasteiger partial charge in [0.05, 0.1) is 0 Å². The van der Waals surface area contributed by atoms with Crippen molar-refractivity contribution in [2.75, 3.05) is 6.61 Å². The molecule has 0 saturated heterocycles. The van der Waals surface area contributed by atoms with E-state index in [1.165, 1.54) is 0 Å². The third kappa shape index (κ3) is 2.05. The van der Waals surface area contributed by atoms with E-state index < -0.39 is 0 Å². The van der Waals surface area contributed by atoms with Crippen molar-refractivity contribution in [3.05, 3.63) is 12.2 Å². The predicted octanol–water partition coefficient (Wildman–Crippen LogP) is 0.0595. The Labute approximate surface area is 66.1 Å². The number of hydrogen-bond donors (Lipinski definition) is 2. The van der Waals surface area contributed by atoms with E-state index in [-0.39, 0.29) is 18.6 Å². The van der Waals surface area contributed by atoms with E-state index in [0.29, 0.717) is 6.41 Å². The summed E-state index contributed by atoms with van der Waals surface area (Å²) in [4.78, 5) is 10.1. The second-order valence-electron chi connectivity index (χ2n) is 2.78. The summed E-state index contributed by atoms with van der Waals surface area (Å²) >= 11 is 0.